The van der Waals surface area contributed by atoms with Crippen LogP contribution in [0.15, 0.2) is 200 Å². The van der Waals surface area contributed by atoms with Crippen molar-refractivity contribution in [3.8, 4) is 67.5 Å². The van der Waals surface area contributed by atoms with Crippen molar-refractivity contribution in [2.24, 2.45) is 42.3 Å². The van der Waals surface area contributed by atoms with E-state index in [0.29, 0.717) is 39.3 Å². The van der Waals surface area contributed by atoms with Gasteiger partial charge in [0.1, 0.15) is 42.3 Å². The molecule has 554 valence electrons. The maximum Gasteiger partial charge on any atom is 0.215 e. The zero-order valence-corrected chi connectivity index (χ0v) is 65.9. The molecule has 2 aliphatic carbocycles. The summed E-state index contributed by atoms with van der Waals surface area (Å²) < 4.78 is 214. The van der Waals surface area contributed by atoms with E-state index in [1.165, 1.54) is 60.6 Å². The highest BCUT2D eigenvalue weighted by Crippen LogP contribution is 2.39. The molecule has 2 fully saturated rings. The van der Waals surface area contributed by atoms with Crippen molar-refractivity contribution in [2.45, 2.75) is 194 Å². The Morgan fingerprint density at radius 2 is 0.682 bits per heavy atom. The lowest BCUT2D eigenvalue weighted by Crippen LogP contribution is -2.37. The molecule has 0 radical (unpaired) electrons. The van der Waals surface area contributed by atoms with Gasteiger partial charge in [-0.1, -0.05) is 135 Å². The third kappa shape index (κ3) is 19.1. The maximum atomic E-state index is 8.87. The van der Waals surface area contributed by atoms with Crippen LogP contribution in [0, 0.1) is 131 Å². The van der Waals surface area contributed by atoms with Gasteiger partial charge in [-0.2, -0.15) is 18.3 Å². The maximum absolute atomic E-state index is 8.87. The molecule has 2 aliphatic rings. The van der Waals surface area contributed by atoms with E-state index in [1.54, 1.807) is 64.0 Å². The molecule has 0 bridgehead atoms. The van der Waals surface area contributed by atoms with Crippen LogP contribution in [0.5, 0.6) is 0 Å². The molecule has 107 heavy (non-hydrogen) atoms. The summed E-state index contributed by atoms with van der Waals surface area (Å²) in [6.45, 7) is 2.08. The van der Waals surface area contributed by atoms with Crippen LogP contribution < -0.4 is 27.4 Å². The number of hydrogen-bond acceptors (Lipinski definition) is 0. The summed E-state index contributed by atoms with van der Waals surface area (Å²) in [6, 6.07) is 60.3. The van der Waals surface area contributed by atoms with Gasteiger partial charge in [-0.05, 0) is 245 Å². The van der Waals surface area contributed by atoms with Gasteiger partial charge in [0.2, 0.25) is 34.2 Å². The first-order chi connectivity index (χ1) is 61.4. The third-order valence-corrected chi connectivity index (χ3v) is 21.1. The van der Waals surface area contributed by atoms with Gasteiger partial charge in [0.05, 0.1) is 0 Å². The second-order valence-corrected chi connectivity index (χ2v) is 28.8. The number of hydrogen-bond donors (Lipinski definition) is 0. The second kappa shape index (κ2) is 36.7. The Kier molecular flexibility index (Phi) is 17.9. The lowest BCUT2D eigenvalue weighted by atomic mass is 9.92. The molecular formula is C101H126N6+6. The van der Waals surface area contributed by atoms with Crippen LogP contribution in [0.1, 0.15) is 216 Å². The number of aryl methyl sites for hydroxylation is 14. The van der Waals surface area contributed by atoms with E-state index in [-0.39, 0.29) is 39.7 Å². The van der Waals surface area contributed by atoms with Crippen LogP contribution in [-0.4, -0.2) is 0 Å². The highest BCUT2D eigenvalue weighted by molar-refractivity contribution is 5.68. The highest BCUT2D eigenvalue weighted by atomic mass is 15.0. The van der Waals surface area contributed by atoms with Crippen LogP contribution in [-0.2, 0) is 42.3 Å². The second-order valence-electron chi connectivity index (χ2n) is 28.8. The molecule has 0 spiro atoms. The quantitative estimate of drug-likeness (QED) is 0.135. The molecule has 0 amide bonds. The van der Waals surface area contributed by atoms with Gasteiger partial charge in [-0.15, -0.1) is 0 Å². The van der Waals surface area contributed by atoms with Gasteiger partial charge in [-0.3, -0.25) is 0 Å². The molecule has 6 aromatic carbocycles. The normalized spacial score (nSPS) is 17.7. The number of pyridine rings is 6. The Hall–Kier alpha value is -9.78. The Morgan fingerprint density at radius 3 is 1.14 bits per heavy atom. The van der Waals surface area contributed by atoms with Gasteiger partial charge in [-0.25, -0.2) is 9.13 Å². The summed E-state index contributed by atoms with van der Waals surface area (Å²) in [4.78, 5) is 0. The fourth-order valence-electron chi connectivity index (χ4n) is 14.4. The zero-order valence-electron chi connectivity index (χ0n) is 91.9. The number of aromatic nitrogens is 6. The molecule has 6 heteroatoms. The summed E-state index contributed by atoms with van der Waals surface area (Å²) in [5.74, 6) is -1.15. The van der Waals surface area contributed by atoms with Crippen molar-refractivity contribution in [1.29, 1.82) is 0 Å². The van der Waals surface area contributed by atoms with Crippen LogP contribution in [0.3, 0.4) is 0 Å². The SMILES string of the molecule is [2H]C([2H])([2H])c1c(C)c(C)c(-c2ccccc2C)[n+](C)c1C([2H])([2H])[2H].[2H]C([2H])([2H])c1c(C)cc(-c2ccccc2C)[n+](C)c1C([2H])([2H])[2H].[2H]C([2H])([2H])c1c[n+](C)c(-c2ccccc2C)cc1C1([2H])CCCC1.[2H]C([2H])([2H])c1cc(C)cc(-c2ccccc2C)[n+]1C.[2H]C([2H])([2H])c1ccc(-c2ccccc2C)[n+](C)c1C([2H])([2H])[2H].[2H]C1(c2c[n+](C)c(-c3ccccc3C)cc2C)CCCC1. The molecule has 14 rings (SSSR count). The fraction of sp³-hybridized carbons (Fsp3) is 0.347. The van der Waals surface area contributed by atoms with Crippen LogP contribution in [0.25, 0.3) is 67.5 Å². The Morgan fingerprint density at radius 1 is 0.280 bits per heavy atom. The summed E-state index contributed by atoms with van der Waals surface area (Å²) in [5, 5.41) is 0. The molecule has 2 saturated carbocycles. The Balaban J connectivity index is 0.000000180. The predicted octanol–water partition coefficient (Wildman–Crippen LogP) is 22.2. The van der Waals surface area contributed by atoms with E-state index in [1.807, 2.05) is 182 Å². The molecular weight excluding hydrogens is 1300 g/mol. The minimum absolute atomic E-state index is 0.0696. The molecule has 0 N–H and O–H groups in total. The van der Waals surface area contributed by atoms with Gasteiger partial charge in [0, 0.05) is 166 Å². The summed E-state index contributed by atoms with van der Waals surface area (Å²) in [5.41, 5.74) is 23.8. The minimum atomic E-state index is -2.52. The molecule has 0 atom stereocenters. The van der Waals surface area contributed by atoms with E-state index in [2.05, 4.69) is 81.0 Å². The molecule has 6 nitrogen and oxygen atoms in total. The van der Waals surface area contributed by atoms with Crippen LogP contribution >= 0.6 is 0 Å². The lowest BCUT2D eigenvalue weighted by molar-refractivity contribution is -0.667. The van der Waals surface area contributed by atoms with Crippen molar-refractivity contribution in [2.75, 3.05) is 0 Å². The predicted molar refractivity (Wildman–Crippen MR) is 451 cm³/mol. The number of rotatable bonds is 8. The lowest BCUT2D eigenvalue weighted by Gasteiger charge is -2.14. The average molecular weight is 1450 g/mol. The van der Waals surface area contributed by atoms with E-state index < -0.39 is 60.7 Å². The first-order valence-electron chi connectivity index (χ1n) is 49.9. The van der Waals surface area contributed by atoms with Crippen molar-refractivity contribution < 1.29 is 63.0 Å². The molecule has 0 saturated heterocycles. The number of benzene rings is 6. The summed E-state index contributed by atoms with van der Waals surface area (Å²) in [7, 11) is 10.6. The zero-order chi connectivity index (χ0) is 99.5. The van der Waals surface area contributed by atoms with E-state index in [9.17, 15) is 0 Å². The van der Waals surface area contributed by atoms with Crippen molar-refractivity contribution >= 4 is 0 Å². The van der Waals surface area contributed by atoms with Crippen LogP contribution in [0.4, 0.5) is 0 Å². The van der Waals surface area contributed by atoms with Crippen molar-refractivity contribution in [3.05, 3.63) is 318 Å². The third-order valence-electron chi connectivity index (χ3n) is 21.1. The molecule has 6 aromatic heterocycles. The van der Waals surface area contributed by atoms with Crippen LogP contribution in [0.2, 0.25) is 0 Å². The highest BCUT2D eigenvalue weighted by Gasteiger charge is 2.27. The molecule has 0 unspecified atom stereocenters. The Bertz CT molecular complexity index is 6210. The number of nitrogens with zero attached hydrogens (tertiary/aromatic N) is 6. The van der Waals surface area contributed by atoms with E-state index in [4.69, 9.17) is 35.6 Å². The van der Waals surface area contributed by atoms with Gasteiger partial charge < -0.3 is 0 Å². The fourth-order valence-corrected chi connectivity index (χ4v) is 14.4. The van der Waals surface area contributed by atoms with Gasteiger partial charge in [0.25, 0.3) is 0 Å². The summed E-state index contributed by atoms with van der Waals surface area (Å²) in [6.07, 6.45) is 11.7. The largest absolute Gasteiger partial charge is 0.215 e. The molecule has 0 aliphatic heterocycles. The van der Waals surface area contributed by atoms with E-state index in [0.717, 1.165) is 122 Å². The summed E-state index contributed by atoms with van der Waals surface area (Å²) >= 11 is 0. The first-order valence-corrected chi connectivity index (χ1v) is 36.9. The topological polar surface area (TPSA) is 23.3 Å². The Labute approximate surface area is 682 Å². The average Bonchev–Trinajstić information content (AvgIpc) is 1.34. The smallest absolute Gasteiger partial charge is 0.201 e. The first kappa shape index (κ1) is 52.3. The molecule has 12 aromatic rings. The monoisotopic (exact) mass is 1450 g/mol. The molecule has 6 heterocycles. The van der Waals surface area contributed by atoms with Crippen molar-refractivity contribution in [3.63, 3.8) is 0 Å². The van der Waals surface area contributed by atoms with Crippen molar-refractivity contribution in [1.82, 2.24) is 0 Å². The van der Waals surface area contributed by atoms with Gasteiger partial charge in [0.15, 0.2) is 35.2 Å². The standard InChI is InChI=1S/2C19H24N.C17H22N.C16H20N.2C15H18N/c1-14-8-4-7-11-17(14)19-12-18(15(2)13-20(19)3)16-9-5-6-10-16;1-14-8-4-7-11-17(14)19-12-15(2)18(13-20(19)3)16-9-5-6-10-16;1-11-9-7-8-10-16(11)17-14(4)12(2)13(3)15(5)18(17)6;1-11-8-6-7-9-15(11)16-10-12(2)13(3)14(4)17(16)5;1-11-9-13(3)16(4)15(10-11)14-8-6-5-7-12(14)2;1-11-9-10-15(16(4)13(11)3)14-8-6-5-7-12(14)2/h2*4,7-8,11-13,16H,5-6,9-10H2,1-3H3;7-10H,1-6H3;6-10H,1-5H3;2*5-10H,1-4H3/q6*+1/i2D3,16D;16D;3D3,5D3;3D3,4D3;3D3;1D3,3D3. The minimum Gasteiger partial charge on any atom is -0.201 e. The van der Waals surface area contributed by atoms with Gasteiger partial charge >= 0.3 is 0 Å². The van der Waals surface area contributed by atoms with E-state index >= 15 is 0 Å².